The van der Waals surface area contributed by atoms with Crippen LogP contribution in [0.15, 0.2) is 0 Å². The molecular formula is C13H23N3O2. The van der Waals surface area contributed by atoms with Gasteiger partial charge in [0.05, 0.1) is 12.0 Å². The topological polar surface area (TPSA) is 65.4 Å². The Balaban J connectivity index is 2.57. The summed E-state index contributed by atoms with van der Waals surface area (Å²) in [5.41, 5.74) is -0.506. The summed E-state index contributed by atoms with van der Waals surface area (Å²) in [7, 11) is 2.03. The standard InChI is InChI=1S/C13H23N3O2/c1-13(2,3)18-12(17)15-11-6-8-16(4)7-5-10(11)9-14/h10-11H,5-8H2,1-4H3,(H,15,17). The Morgan fingerprint density at radius 1 is 1.39 bits per heavy atom. The van der Waals surface area contributed by atoms with Crippen molar-refractivity contribution in [2.75, 3.05) is 20.1 Å². The van der Waals surface area contributed by atoms with Crippen molar-refractivity contribution in [2.45, 2.75) is 45.3 Å². The van der Waals surface area contributed by atoms with Crippen LogP contribution in [-0.4, -0.2) is 42.8 Å². The maximum atomic E-state index is 11.7. The van der Waals surface area contributed by atoms with Crippen molar-refractivity contribution in [3.8, 4) is 6.07 Å². The van der Waals surface area contributed by atoms with Crippen molar-refractivity contribution in [3.63, 3.8) is 0 Å². The molecule has 2 unspecified atom stereocenters. The molecule has 1 aliphatic heterocycles. The Bertz CT molecular complexity index is 330. The van der Waals surface area contributed by atoms with E-state index in [4.69, 9.17) is 10.00 Å². The fourth-order valence-corrected chi connectivity index (χ4v) is 2.02. The minimum absolute atomic E-state index is 0.116. The molecule has 0 aromatic heterocycles. The summed E-state index contributed by atoms with van der Waals surface area (Å²) in [5.74, 6) is -0.137. The zero-order chi connectivity index (χ0) is 13.8. The first-order valence-corrected chi connectivity index (χ1v) is 6.39. The van der Waals surface area contributed by atoms with E-state index >= 15 is 0 Å². The number of likely N-dealkylation sites (tertiary alicyclic amines) is 1. The molecule has 0 bridgehead atoms. The van der Waals surface area contributed by atoms with E-state index in [-0.39, 0.29) is 12.0 Å². The SMILES string of the molecule is CN1CCC(C#N)C(NC(=O)OC(C)(C)C)CC1. The van der Waals surface area contributed by atoms with Crippen LogP contribution in [0.1, 0.15) is 33.6 Å². The van der Waals surface area contributed by atoms with Gasteiger partial charge in [-0.1, -0.05) is 0 Å². The summed E-state index contributed by atoms with van der Waals surface area (Å²) < 4.78 is 5.23. The van der Waals surface area contributed by atoms with Gasteiger partial charge >= 0.3 is 6.09 Å². The predicted octanol–water partition coefficient (Wildman–Crippen LogP) is 1.75. The molecule has 0 aromatic rings. The zero-order valence-electron chi connectivity index (χ0n) is 11.7. The lowest BCUT2D eigenvalue weighted by Crippen LogP contribution is -2.42. The molecule has 1 amide bonds. The van der Waals surface area contributed by atoms with Crippen LogP contribution < -0.4 is 5.32 Å². The second kappa shape index (κ2) is 6.05. The number of hydrogen-bond acceptors (Lipinski definition) is 4. The van der Waals surface area contributed by atoms with Crippen LogP contribution in [0.3, 0.4) is 0 Å². The number of nitriles is 1. The molecule has 0 aliphatic carbocycles. The predicted molar refractivity (Wildman–Crippen MR) is 69.0 cm³/mol. The van der Waals surface area contributed by atoms with E-state index in [9.17, 15) is 4.79 Å². The third-order valence-corrected chi connectivity index (χ3v) is 3.00. The molecule has 0 aromatic carbocycles. The van der Waals surface area contributed by atoms with Crippen molar-refractivity contribution in [1.82, 2.24) is 10.2 Å². The molecule has 5 heteroatoms. The van der Waals surface area contributed by atoms with Gasteiger partial charge < -0.3 is 15.0 Å². The highest BCUT2D eigenvalue weighted by molar-refractivity contribution is 5.68. The fraction of sp³-hybridized carbons (Fsp3) is 0.846. The van der Waals surface area contributed by atoms with E-state index in [0.29, 0.717) is 0 Å². The Morgan fingerprint density at radius 2 is 2.00 bits per heavy atom. The van der Waals surface area contributed by atoms with Gasteiger partial charge in [0.15, 0.2) is 0 Å². The van der Waals surface area contributed by atoms with Gasteiger partial charge in [-0.05, 0) is 53.8 Å². The molecule has 1 heterocycles. The number of alkyl carbamates (subject to hydrolysis) is 1. The first-order chi connectivity index (χ1) is 8.31. The minimum Gasteiger partial charge on any atom is -0.444 e. The van der Waals surface area contributed by atoms with Crippen molar-refractivity contribution < 1.29 is 9.53 Å². The maximum absolute atomic E-state index is 11.7. The molecule has 1 saturated heterocycles. The van der Waals surface area contributed by atoms with E-state index in [1.54, 1.807) is 0 Å². The lowest BCUT2D eigenvalue weighted by molar-refractivity contribution is 0.0491. The number of carbonyl (C=O) groups excluding carboxylic acids is 1. The van der Waals surface area contributed by atoms with Gasteiger partial charge in [0.2, 0.25) is 0 Å². The number of rotatable bonds is 1. The van der Waals surface area contributed by atoms with Crippen LogP contribution in [0.4, 0.5) is 4.79 Å². The molecule has 1 N–H and O–H groups in total. The van der Waals surface area contributed by atoms with Crippen LogP contribution in [0.5, 0.6) is 0 Å². The van der Waals surface area contributed by atoms with Gasteiger partial charge in [0.25, 0.3) is 0 Å². The summed E-state index contributed by atoms with van der Waals surface area (Å²) in [4.78, 5) is 13.9. The van der Waals surface area contributed by atoms with Crippen LogP contribution in [-0.2, 0) is 4.74 Å². The third-order valence-electron chi connectivity index (χ3n) is 3.00. The number of hydrogen-bond donors (Lipinski definition) is 1. The summed E-state index contributed by atoms with van der Waals surface area (Å²) in [6.07, 6.45) is 1.14. The van der Waals surface area contributed by atoms with E-state index in [1.807, 2.05) is 27.8 Å². The lowest BCUT2D eigenvalue weighted by atomic mass is 9.97. The lowest BCUT2D eigenvalue weighted by Gasteiger charge is -2.24. The normalized spacial score (nSPS) is 25.9. The van der Waals surface area contributed by atoms with Crippen LogP contribution in [0.2, 0.25) is 0 Å². The van der Waals surface area contributed by atoms with Gasteiger partial charge in [-0.2, -0.15) is 5.26 Å². The van der Waals surface area contributed by atoms with Gasteiger partial charge in [0, 0.05) is 6.04 Å². The highest BCUT2D eigenvalue weighted by Gasteiger charge is 2.28. The average Bonchev–Trinajstić information content (AvgIpc) is 2.39. The molecule has 1 rings (SSSR count). The Morgan fingerprint density at radius 3 is 2.56 bits per heavy atom. The number of ether oxygens (including phenoxy) is 1. The molecule has 102 valence electrons. The van der Waals surface area contributed by atoms with Crippen molar-refractivity contribution in [3.05, 3.63) is 0 Å². The van der Waals surface area contributed by atoms with Crippen LogP contribution >= 0.6 is 0 Å². The molecule has 0 radical (unpaired) electrons. The first-order valence-electron chi connectivity index (χ1n) is 6.39. The smallest absolute Gasteiger partial charge is 0.407 e. The van der Waals surface area contributed by atoms with Crippen molar-refractivity contribution >= 4 is 6.09 Å². The highest BCUT2D eigenvalue weighted by Crippen LogP contribution is 2.17. The minimum atomic E-state index is -0.506. The summed E-state index contributed by atoms with van der Waals surface area (Å²) >= 11 is 0. The van der Waals surface area contributed by atoms with Crippen molar-refractivity contribution in [1.29, 1.82) is 5.26 Å². The van der Waals surface area contributed by atoms with E-state index in [2.05, 4.69) is 16.3 Å². The Labute approximate surface area is 109 Å². The third kappa shape index (κ3) is 4.92. The van der Waals surface area contributed by atoms with E-state index in [0.717, 1.165) is 25.9 Å². The number of nitrogens with zero attached hydrogens (tertiary/aromatic N) is 2. The summed E-state index contributed by atoms with van der Waals surface area (Å²) in [6, 6.07) is 2.17. The molecule has 2 atom stereocenters. The maximum Gasteiger partial charge on any atom is 0.407 e. The van der Waals surface area contributed by atoms with Gasteiger partial charge in [-0.15, -0.1) is 0 Å². The highest BCUT2D eigenvalue weighted by atomic mass is 16.6. The monoisotopic (exact) mass is 253 g/mol. The largest absolute Gasteiger partial charge is 0.444 e. The molecule has 1 fully saturated rings. The Kier molecular flexibility index (Phi) is 4.97. The summed E-state index contributed by atoms with van der Waals surface area (Å²) in [6.45, 7) is 7.27. The second-order valence-electron chi connectivity index (χ2n) is 5.87. The van der Waals surface area contributed by atoms with Gasteiger partial charge in [0.1, 0.15) is 5.60 Å². The molecule has 0 saturated carbocycles. The van der Waals surface area contributed by atoms with Gasteiger partial charge in [-0.3, -0.25) is 0 Å². The quantitative estimate of drug-likeness (QED) is 0.773. The first kappa shape index (κ1) is 14.8. The van der Waals surface area contributed by atoms with Gasteiger partial charge in [-0.25, -0.2) is 4.79 Å². The second-order valence-corrected chi connectivity index (χ2v) is 5.87. The fourth-order valence-electron chi connectivity index (χ4n) is 2.02. The van der Waals surface area contributed by atoms with E-state index in [1.165, 1.54) is 0 Å². The summed E-state index contributed by atoms with van der Waals surface area (Å²) in [5, 5.41) is 12.0. The number of amides is 1. The number of nitrogens with one attached hydrogen (secondary N) is 1. The molecular weight excluding hydrogens is 230 g/mol. The number of carbonyl (C=O) groups is 1. The molecule has 1 aliphatic rings. The molecule has 0 spiro atoms. The van der Waals surface area contributed by atoms with Crippen molar-refractivity contribution in [2.24, 2.45) is 5.92 Å². The average molecular weight is 253 g/mol. The Hall–Kier alpha value is -1.28. The zero-order valence-corrected chi connectivity index (χ0v) is 11.7. The molecule has 5 nitrogen and oxygen atoms in total. The van der Waals surface area contributed by atoms with Crippen LogP contribution in [0.25, 0.3) is 0 Å². The molecule has 18 heavy (non-hydrogen) atoms. The van der Waals surface area contributed by atoms with E-state index < -0.39 is 11.7 Å². The van der Waals surface area contributed by atoms with Crippen LogP contribution in [0, 0.1) is 17.2 Å².